The fraction of sp³-hybridized carbons (Fsp3) is 0.348. The lowest BCUT2D eigenvalue weighted by Crippen LogP contribution is -2.35. The molecule has 1 atom stereocenters. The number of aromatic nitrogens is 1. The first-order valence-corrected chi connectivity index (χ1v) is 9.57. The molecule has 0 spiro atoms. The molecule has 0 saturated heterocycles. The highest BCUT2D eigenvalue weighted by Gasteiger charge is 2.27. The van der Waals surface area contributed by atoms with E-state index in [1.165, 1.54) is 10.9 Å². The highest BCUT2D eigenvalue weighted by Crippen LogP contribution is 2.34. The molecule has 0 saturated carbocycles. The van der Waals surface area contributed by atoms with Gasteiger partial charge in [-0.15, -0.1) is 0 Å². The van der Waals surface area contributed by atoms with E-state index in [2.05, 4.69) is 74.4 Å². The summed E-state index contributed by atoms with van der Waals surface area (Å²) in [6.07, 6.45) is 4.63. The van der Waals surface area contributed by atoms with Crippen LogP contribution in [0.1, 0.15) is 55.8 Å². The summed E-state index contributed by atoms with van der Waals surface area (Å²) in [7, 11) is 0. The molecule has 1 amide bonds. The Bertz CT molecular complexity index is 863. The molecular formula is C23H28N2O. The van der Waals surface area contributed by atoms with Gasteiger partial charge >= 0.3 is 0 Å². The number of unbranched alkanes of at least 4 members (excludes halogenated alkanes) is 1. The molecule has 2 aromatic carbocycles. The normalized spacial score (nSPS) is 12.3. The molecule has 0 aliphatic rings. The molecule has 0 aliphatic heterocycles. The first kappa shape index (κ1) is 18.2. The Kier molecular flexibility index (Phi) is 5.77. The molecule has 1 aromatic heterocycles. The van der Waals surface area contributed by atoms with Crippen LogP contribution in [-0.4, -0.2) is 22.3 Å². The monoisotopic (exact) mass is 348 g/mol. The third kappa shape index (κ3) is 3.67. The fourth-order valence-corrected chi connectivity index (χ4v) is 3.57. The zero-order valence-electron chi connectivity index (χ0n) is 16.0. The van der Waals surface area contributed by atoms with Crippen LogP contribution in [0.25, 0.3) is 10.9 Å². The number of rotatable bonds is 7. The number of aryl methyl sites for hydroxylation is 1. The Labute approximate surface area is 156 Å². The van der Waals surface area contributed by atoms with Crippen molar-refractivity contribution in [3.63, 3.8) is 0 Å². The zero-order chi connectivity index (χ0) is 18.5. The van der Waals surface area contributed by atoms with Crippen molar-refractivity contribution in [2.24, 2.45) is 0 Å². The largest absolute Gasteiger partial charge is 0.361 e. The Balaban J connectivity index is 2.09. The Hall–Kier alpha value is -2.55. The van der Waals surface area contributed by atoms with Gasteiger partial charge in [0.25, 0.3) is 0 Å². The highest BCUT2D eigenvalue weighted by atomic mass is 16.2. The number of nitrogens with zero attached hydrogens (tertiary/aromatic N) is 1. The number of aromatic amines is 1. The van der Waals surface area contributed by atoms with Gasteiger partial charge in [-0.3, -0.25) is 4.79 Å². The number of fused-ring (bicyclic) bond motifs is 1. The van der Waals surface area contributed by atoms with Crippen LogP contribution in [-0.2, 0) is 4.79 Å². The third-order valence-electron chi connectivity index (χ3n) is 5.03. The number of carbonyl (C=O) groups excluding carboxylic acids is 1. The van der Waals surface area contributed by atoms with Crippen LogP contribution in [0.4, 0.5) is 0 Å². The van der Waals surface area contributed by atoms with Gasteiger partial charge in [-0.2, -0.15) is 0 Å². The van der Waals surface area contributed by atoms with E-state index in [0.717, 1.165) is 29.5 Å². The van der Waals surface area contributed by atoms with E-state index in [9.17, 15) is 4.79 Å². The average Bonchev–Trinajstić information content (AvgIpc) is 3.09. The van der Waals surface area contributed by atoms with Gasteiger partial charge in [-0.25, -0.2) is 0 Å². The fourth-order valence-electron chi connectivity index (χ4n) is 3.57. The van der Waals surface area contributed by atoms with Crippen LogP contribution in [0.3, 0.4) is 0 Å². The summed E-state index contributed by atoms with van der Waals surface area (Å²) in [5.74, 6) is 0.227. The minimum absolute atomic E-state index is 0.0684. The minimum Gasteiger partial charge on any atom is -0.361 e. The van der Waals surface area contributed by atoms with Crippen molar-refractivity contribution in [2.75, 3.05) is 6.54 Å². The molecule has 136 valence electrons. The highest BCUT2D eigenvalue weighted by molar-refractivity contribution is 5.85. The number of nitrogens with one attached hydrogen (secondary N) is 1. The van der Waals surface area contributed by atoms with Crippen LogP contribution in [0, 0.1) is 6.92 Å². The third-order valence-corrected chi connectivity index (χ3v) is 5.03. The van der Waals surface area contributed by atoms with Crippen molar-refractivity contribution in [1.82, 2.24) is 9.88 Å². The summed E-state index contributed by atoms with van der Waals surface area (Å²) < 4.78 is 0. The second-order valence-electron chi connectivity index (χ2n) is 6.89. The molecule has 1 N–H and O–H groups in total. The quantitative estimate of drug-likeness (QED) is 0.592. The minimum atomic E-state index is -0.0684. The number of carbonyl (C=O) groups is 1. The molecule has 0 aliphatic carbocycles. The second kappa shape index (κ2) is 8.22. The summed E-state index contributed by atoms with van der Waals surface area (Å²) in [6.45, 7) is 6.98. The summed E-state index contributed by atoms with van der Waals surface area (Å²) in [5.41, 5.74) is 4.66. The average molecular weight is 348 g/mol. The van der Waals surface area contributed by atoms with E-state index in [-0.39, 0.29) is 11.9 Å². The second-order valence-corrected chi connectivity index (χ2v) is 6.89. The molecule has 0 bridgehead atoms. The lowest BCUT2D eigenvalue weighted by molar-refractivity contribution is -0.132. The molecule has 3 nitrogen and oxygen atoms in total. The van der Waals surface area contributed by atoms with Crippen molar-refractivity contribution in [2.45, 2.75) is 46.1 Å². The molecule has 3 heteroatoms. The maximum Gasteiger partial charge on any atom is 0.223 e. The molecule has 26 heavy (non-hydrogen) atoms. The van der Waals surface area contributed by atoms with E-state index in [1.54, 1.807) is 0 Å². The Morgan fingerprint density at radius 3 is 2.50 bits per heavy atom. The van der Waals surface area contributed by atoms with Gasteiger partial charge in [0.05, 0.1) is 6.04 Å². The van der Waals surface area contributed by atoms with Gasteiger partial charge < -0.3 is 9.88 Å². The van der Waals surface area contributed by atoms with Crippen LogP contribution in [0.5, 0.6) is 0 Å². The van der Waals surface area contributed by atoms with E-state index >= 15 is 0 Å². The van der Waals surface area contributed by atoms with Crippen LogP contribution in [0.2, 0.25) is 0 Å². The molecule has 0 fully saturated rings. The van der Waals surface area contributed by atoms with Crippen LogP contribution in [0.15, 0.2) is 54.7 Å². The predicted octanol–water partition coefficient (Wildman–Crippen LogP) is 5.60. The van der Waals surface area contributed by atoms with Gasteiger partial charge in [0.2, 0.25) is 5.91 Å². The lowest BCUT2D eigenvalue weighted by atomic mass is 9.95. The van der Waals surface area contributed by atoms with Gasteiger partial charge in [0.1, 0.15) is 0 Å². The molecule has 0 unspecified atom stereocenters. The number of amides is 1. The van der Waals surface area contributed by atoms with Gasteiger partial charge in [-0.1, -0.05) is 61.4 Å². The maximum absolute atomic E-state index is 13.0. The number of hydrogen-bond donors (Lipinski definition) is 1. The first-order valence-electron chi connectivity index (χ1n) is 9.57. The van der Waals surface area contributed by atoms with E-state index in [1.807, 2.05) is 11.0 Å². The number of para-hydroxylation sites is 1. The van der Waals surface area contributed by atoms with Crippen LogP contribution >= 0.6 is 0 Å². The molecule has 3 rings (SSSR count). The predicted molar refractivity (Wildman–Crippen MR) is 108 cm³/mol. The summed E-state index contributed by atoms with van der Waals surface area (Å²) in [5, 5.41) is 1.18. The van der Waals surface area contributed by atoms with Gasteiger partial charge in [-0.05, 0) is 31.9 Å². The summed E-state index contributed by atoms with van der Waals surface area (Å²) in [6, 6.07) is 16.8. The smallest absolute Gasteiger partial charge is 0.223 e. The van der Waals surface area contributed by atoms with Crippen molar-refractivity contribution in [1.29, 1.82) is 0 Å². The van der Waals surface area contributed by atoms with Crippen molar-refractivity contribution in [3.05, 3.63) is 71.4 Å². The molecular weight excluding hydrogens is 320 g/mol. The number of benzene rings is 2. The van der Waals surface area contributed by atoms with Crippen molar-refractivity contribution >= 4 is 16.8 Å². The van der Waals surface area contributed by atoms with Gasteiger partial charge in [0, 0.05) is 35.6 Å². The maximum atomic E-state index is 13.0. The van der Waals surface area contributed by atoms with E-state index in [4.69, 9.17) is 0 Å². The molecule has 1 heterocycles. The Morgan fingerprint density at radius 2 is 1.81 bits per heavy atom. The van der Waals surface area contributed by atoms with Gasteiger partial charge in [0.15, 0.2) is 0 Å². The molecule has 0 radical (unpaired) electrons. The lowest BCUT2D eigenvalue weighted by Gasteiger charge is -2.31. The topological polar surface area (TPSA) is 36.1 Å². The first-order chi connectivity index (χ1) is 12.7. The summed E-state index contributed by atoms with van der Waals surface area (Å²) in [4.78, 5) is 18.4. The SMILES string of the molecule is CCCCC(=O)N(CC)[C@H](c1ccc(C)cc1)c1c[nH]c2ccccc12. The molecule has 3 aromatic rings. The standard InChI is InChI=1S/C23H28N2O/c1-4-6-11-22(26)25(5-2)23(18-14-12-17(3)13-15-18)20-16-24-21-10-8-7-9-19(20)21/h7-10,12-16,23-24H,4-6,11H2,1-3H3/t23-/m1/s1. The van der Waals surface area contributed by atoms with E-state index < -0.39 is 0 Å². The zero-order valence-corrected chi connectivity index (χ0v) is 16.0. The van der Waals surface area contributed by atoms with Crippen molar-refractivity contribution < 1.29 is 4.79 Å². The number of hydrogen-bond acceptors (Lipinski definition) is 1. The summed E-state index contributed by atoms with van der Waals surface area (Å²) >= 11 is 0. The number of H-pyrrole nitrogens is 1. The van der Waals surface area contributed by atoms with E-state index in [0.29, 0.717) is 13.0 Å². The van der Waals surface area contributed by atoms with Crippen molar-refractivity contribution in [3.8, 4) is 0 Å². The van der Waals surface area contributed by atoms with Crippen LogP contribution < -0.4 is 0 Å². The Morgan fingerprint density at radius 1 is 1.08 bits per heavy atom.